The minimum Gasteiger partial charge on any atom is -0.396 e. The van der Waals surface area contributed by atoms with E-state index in [0.29, 0.717) is 13.2 Å². The molecule has 0 radical (unpaired) electrons. The van der Waals surface area contributed by atoms with Crippen molar-refractivity contribution in [2.45, 2.75) is 79.1 Å². The molecule has 0 aliphatic heterocycles. The van der Waals surface area contributed by atoms with Gasteiger partial charge in [0.1, 0.15) is 0 Å². The third-order valence-corrected chi connectivity index (χ3v) is 2.88. The van der Waals surface area contributed by atoms with E-state index in [1.54, 1.807) is 0 Å². The first-order valence-electron chi connectivity index (χ1n) is 7.76. The quantitative estimate of drug-likeness (QED) is 0.462. The van der Waals surface area contributed by atoms with Crippen LogP contribution in [0, 0.1) is 11.8 Å². The van der Waals surface area contributed by atoms with Crippen LogP contribution in [0.1, 0.15) is 79.1 Å². The van der Waals surface area contributed by atoms with Crippen molar-refractivity contribution in [3.8, 4) is 0 Å². The molecule has 114 valence electrons. The van der Waals surface area contributed by atoms with Crippen molar-refractivity contribution in [1.29, 1.82) is 0 Å². The van der Waals surface area contributed by atoms with Crippen LogP contribution >= 0.6 is 0 Å². The van der Waals surface area contributed by atoms with Crippen LogP contribution in [0.25, 0.3) is 0 Å². The van der Waals surface area contributed by atoms with E-state index in [9.17, 15) is 0 Å². The first-order valence-corrected chi connectivity index (χ1v) is 7.76. The average molecular weight is 326 g/mol. The Hall–Kier alpha value is 0.543. The molecule has 0 amide bonds. The summed E-state index contributed by atoms with van der Waals surface area (Å²) in [5, 5.41) is 16.9. The summed E-state index contributed by atoms with van der Waals surface area (Å²) < 4.78 is 0. The normalized spacial score (nSPS) is 10.1. The number of aliphatic hydroxyl groups is 2. The Balaban J connectivity index is -0.000000256. The molecule has 0 rings (SSSR count). The van der Waals surface area contributed by atoms with Crippen LogP contribution in [0.5, 0.6) is 0 Å². The van der Waals surface area contributed by atoms with Crippen molar-refractivity contribution in [2.24, 2.45) is 11.8 Å². The number of hydrogen-bond donors (Lipinski definition) is 2. The molecule has 19 heavy (non-hydrogen) atoms. The predicted octanol–water partition coefficient (Wildman–Crippen LogP) is 4.39. The molecule has 2 nitrogen and oxygen atoms in total. The summed E-state index contributed by atoms with van der Waals surface area (Å²) in [6, 6.07) is 0. The molecule has 0 spiro atoms. The fourth-order valence-corrected chi connectivity index (χ4v) is 1.68. The Morgan fingerprint density at radius 3 is 1.11 bits per heavy atom. The molecule has 2 N–H and O–H groups in total. The van der Waals surface area contributed by atoms with Gasteiger partial charge in [-0.3, -0.25) is 0 Å². The van der Waals surface area contributed by atoms with E-state index in [-0.39, 0.29) is 19.5 Å². The van der Waals surface area contributed by atoms with E-state index >= 15 is 0 Å². The monoisotopic (exact) mass is 324 g/mol. The van der Waals surface area contributed by atoms with E-state index in [1.165, 1.54) is 38.5 Å². The zero-order chi connectivity index (χ0) is 14.2. The molecule has 3 heteroatoms. The van der Waals surface area contributed by atoms with Crippen LogP contribution in [0.15, 0.2) is 0 Å². The molecule has 0 aliphatic carbocycles. The van der Waals surface area contributed by atoms with Crippen LogP contribution in [0.3, 0.4) is 0 Å². The SMILES string of the molecule is CC(C)CCCCCO.CC(C)CCCCCO.[Zn]. The topological polar surface area (TPSA) is 40.5 Å². The van der Waals surface area contributed by atoms with Gasteiger partial charge in [-0.1, -0.05) is 66.2 Å². The van der Waals surface area contributed by atoms with Gasteiger partial charge in [0.2, 0.25) is 0 Å². The predicted molar refractivity (Wildman–Crippen MR) is 80.8 cm³/mol. The Morgan fingerprint density at radius 2 is 0.895 bits per heavy atom. The maximum Gasteiger partial charge on any atom is 0.0431 e. The molecule has 0 aromatic heterocycles. The summed E-state index contributed by atoms with van der Waals surface area (Å²) in [6.07, 6.45) is 9.50. The van der Waals surface area contributed by atoms with Gasteiger partial charge in [-0.05, 0) is 24.7 Å². The summed E-state index contributed by atoms with van der Waals surface area (Å²) in [5.74, 6) is 1.65. The van der Waals surface area contributed by atoms with E-state index in [0.717, 1.165) is 24.7 Å². The molecule has 0 fully saturated rings. The zero-order valence-corrected chi connectivity index (χ0v) is 16.8. The van der Waals surface area contributed by atoms with Gasteiger partial charge in [0.25, 0.3) is 0 Å². The zero-order valence-electron chi connectivity index (χ0n) is 13.8. The van der Waals surface area contributed by atoms with Crippen LogP contribution < -0.4 is 0 Å². The maximum atomic E-state index is 8.43. The molecule has 0 bridgehead atoms. The summed E-state index contributed by atoms with van der Waals surface area (Å²) in [6.45, 7) is 9.66. The third-order valence-electron chi connectivity index (χ3n) is 2.88. The Labute approximate surface area is 134 Å². The minimum absolute atomic E-state index is 0. The van der Waals surface area contributed by atoms with Crippen LogP contribution in [-0.2, 0) is 19.5 Å². The summed E-state index contributed by atoms with van der Waals surface area (Å²) in [4.78, 5) is 0. The second kappa shape index (κ2) is 20.9. The van der Waals surface area contributed by atoms with E-state index in [4.69, 9.17) is 10.2 Å². The van der Waals surface area contributed by atoms with Gasteiger partial charge in [0, 0.05) is 32.7 Å². The summed E-state index contributed by atoms with van der Waals surface area (Å²) in [7, 11) is 0. The molecule has 0 aromatic rings. The fourth-order valence-electron chi connectivity index (χ4n) is 1.68. The number of rotatable bonds is 10. The summed E-state index contributed by atoms with van der Waals surface area (Å²) in [5.41, 5.74) is 0. The van der Waals surface area contributed by atoms with Gasteiger partial charge in [-0.25, -0.2) is 0 Å². The smallest absolute Gasteiger partial charge is 0.0431 e. The molecule has 0 saturated carbocycles. The van der Waals surface area contributed by atoms with Gasteiger partial charge >= 0.3 is 0 Å². The molecular formula is C16H36O2Zn. The third kappa shape index (κ3) is 32.3. The Morgan fingerprint density at radius 1 is 0.579 bits per heavy atom. The largest absolute Gasteiger partial charge is 0.396 e. The molecule has 0 aliphatic rings. The van der Waals surface area contributed by atoms with Crippen molar-refractivity contribution in [3.05, 3.63) is 0 Å². The van der Waals surface area contributed by atoms with E-state index in [2.05, 4.69) is 27.7 Å². The number of hydrogen-bond acceptors (Lipinski definition) is 2. The van der Waals surface area contributed by atoms with E-state index in [1.807, 2.05) is 0 Å². The number of aliphatic hydroxyl groups excluding tert-OH is 2. The maximum absolute atomic E-state index is 8.43. The van der Waals surface area contributed by atoms with Crippen LogP contribution in [0.4, 0.5) is 0 Å². The average Bonchev–Trinajstić information content (AvgIpc) is 2.31. The standard InChI is InChI=1S/2C8H18O.Zn/c2*1-8(2)6-4-3-5-7-9;/h2*8-9H,3-7H2,1-2H3;. The molecule has 0 aromatic carbocycles. The summed E-state index contributed by atoms with van der Waals surface area (Å²) >= 11 is 0. The number of unbranched alkanes of at least 4 members (excludes halogenated alkanes) is 4. The van der Waals surface area contributed by atoms with Crippen molar-refractivity contribution < 1.29 is 29.7 Å². The molecule has 0 saturated heterocycles. The van der Waals surface area contributed by atoms with E-state index < -0.39 is 0 Å². The molecular weight excluding hydrogens is 290 g/mol. The fraction of sp³-hybridized carbons (Fsp3) is 1.00. The van der Waals surface area contributed by atoms with Crippen molar-refractivity contribution in [3.63, 3.8) is 0 Å². The molecule has 0 unspecified atom stereocenters. The Kier molecular flexibility index (Phi) is 26.9. The van der Waals surface area contributed by atoms with Gasteiger partial charge in [-0.2, -0.15) is 0 Å². The van der Waals surface area contributed by atoms with Gasteiger partial charge < -0.3 is 10.2 Å². The first kappa shape index (κ1) is 24.6. The van der Waals surface area contributed by atoms with Crippen molar-refractivity contribution in [1.82, 2.24) is 0 Å². The van der Waals surface area contributed by atoms with Crippen LogP contribution in [-0.4, -0.2) is 23.4 Å². The first-order chi connectivity index (χ1) is 8.54. The van der Waals surface area contributed by atoms with Crippen molar-refractivity contribution in [2.75, 3.05) is 13.2 Å². The second-order valence-electron chi connectivity index (χ2n) is 5.93. The van der Waals surface area contributed by atoms with Gasteiger partial charge in [0.15, 0.2) is 0 Å². The van der Waals surface area contributed by atoms with Crippen LogP contribution in [0.2, 0.25) is 0 Å². The molecule has 0 atom stereocenters. The van der Waals surface area contributed by atoms with Gasteiger partial charge in [-0.15, -0.1) is 0 Å². The molecule has 0 heterocycles. The van der Waals surface area contributed by atoms with Crippen molar-refractivity contribution >= 4 is 0 Å². The second-order valence-corrected chi connectivity index (χ2v) is 5.93. The van der Waals surface area contributed by atoms with Gasteiger partial charge in [0.05, 0.1) is 0 Å². The minimum atomic E-state index is 0. The Bertz CT molecular complexity index is 123.